The Bertz CT molecular complexity index is 1050. The van der Waals surface area contributed by atoms with Gasteiger partial charge in [0.2, 0.25) is 0 Å². The molecular formula is C21H19ClFNO3. The van der Waals surface area contributed by atoms with Crippen LogP contribution in [0.25, 0.3) is 11.0 Å². The van der Waals surface area contributed by atoms with Crippen molar-refractivity contribution in [3.63, 3.8) is 0 Å². The molecule has 1 aliphatic rings. The molecule has 0 spiro atoms. The van der Waals surface area contributed by atoms with Crippen LogP contribution in [-0.2, 0) is 13.0 Å². The van der Waals surface area contributed by atoms with Gasteiger partial charge in [-0.1, -0.05) is 24.9 Å². The van der Waals surface area contributed by atoms with Gasteiger partial charge in [-0.05, 0) is 48.7 Å². The Morgan fingerprint density at radius 3 is 2.74 bits per heavy atom. The molecule has 2 heterocycles. The van der Waals surface area contributed by atoms with Crippen LogP contribution in [0.1, 0.15) is 30.9 Å². The number of ether oxygens (including phenoxy) is 1. The average molecular weight is 388 g/mol. The van der Waals surface area contributed by atoms with Crippen LogP contribution < -0.4 is 15.3 Å². The monoisotopic (exact) mass is 387 g/mol. The maximum Gasteiger partial charge on any atom is 0.336 e. The van der Waals surface area contributed by atoms with Gasteiger partial charge in [-0.3, -0.25) is 0 Å². The van der Waals surface area contributed by atoms with Gasteiger partial charge in [-0.15, -0.1) is 0 Å². The number of rotatable bonds is 4. The van der Waals surface area contributed by atoms with Gasteiger partial charge in [-0.2, -0.15) is 0 Å². The van der Waals surface area contributed by atoms with E-state index in [9.17, 15) is 9.18 Å². The molecule has 0 amide bonds. The lowest BCUT2D eigenvalue weighted by atomic mass is 10.0. The first kappa shape index (κ1) is 17.9. The van der Waals surface area contributed by atoms with E-state index in [-0.39, 0.29) is 18.2 Å². The Labute approximate surface area is 161 Å². The van der Waals surface area contributed by atoms with Gasteiger partial charge < -0.3 is 14.1 Å². The van der Waals surface area contributed by atoms with Gasteiger partial charge in [-0.25, -0.2) is 9.18 Å². The predicted molar refractivity (Wildman–Crippen MR) is 104 cm³/mol. The van der Waals surface area contributed by atoms with Gasteiger partial charge in [0.1, 0.15) is 17.1 Å². The topological polar surface area (TPSA) is 42.7 Å². The molecule has 0 unspecified atom stereocenters. The van der Waals surface area contributed by atoms with Crippen LogP contribution in [-0.4, -0.2) is 6.73 Å². The quantitative estimate of drug-likeness (QED) is 0.571. The van der Waals surface area contributed by atoms with Gasteiger partial charge >= 0.3 is 5.63 Å². The Hall–Kier alpha value is -2.53. The van der Waals surface area contributed by atoms with Crippen molar-refractivity contribution in [3.8, 4) is 5.75 Å². The highest BCUT2D eigenvalue weighted by molar-refractivity contribution is 6.33. The number of hydrogen-bond acceptors (Lipinski definition) is 4. The minimum Gasteiger partial charge on any atom is -0.471 e. The summed E-state index contributed by atoms with van der Waals surface area (Å²) in [5.41, 5.74) is 2.63. The molecule has 3 aromatic rings. The maximum atomic E-state index is 13.2. The summed E-state index contributed by atoms with van der Waals surface area (Å²) >= 11 is 6.47. The normalized spacial score (nSPS) is 13.5. The number of fused-ring (bicyclic) bond motifs is 3. The van der Waals surface area contributed by atoms with E-state index in [2.05, 4.69) is 6.92 Å². The number of benzene rings is 2. The lowest BCUT2D eigenvalue weighted by Crippen LogP contribution is -2.32. The van der Waals surface area contributed by atoms with Crippen molar-refractivity contribution in [1.82, 2.24) is 0 Å². The Morgan fingerprint density at radius 2 is 2.00 bits per heavy atom. The largest absolute Gasteiger partial charge is 0.471 e. The van der Waals surface area contributed by atoms with Crippen molar-refractivity contribution in [2.75, 3.05) is 11.6 Å². The summed E-state index contributed by atoms with van der Waals surface area (Å²) < 4.78 is 24.6. The van der Waals surface area contributed by atoms with E-state index in [0.29, 0.717) is 22.9 Å². The van der Waals surface area contributed by atoms with E-state index in [4.69, 9.17) is 20.8 Å². The van der Waals surface area contributed by atoms with Crippen molar-refractivity contribution in [2.24, 2.45) is 0 Å². The molecule has 0 fully saturated rings. The minimum absolute atomic E-state index is 0.281. The number of anilines is 1. The SMILES string of the molecule is CCCCc1cc(=O)oc2c3c(c(Cl)cc12)OCN(c1ccc(F)cc1)C3. The van der Waals surface area contributed by atoms with Gasteiger partial charge in [0.15, 0.2) is 6.73 Å². The van der Waals surface area contributed by atoms with Gasteiger partial charge in [0, 0.05) is 17.1 Å². The molecule has 4 rings (SSSR count). The zero-order chi connectivity index (χ0) is 19.0. The summed E-state index contributed by atoms with van der Waals surface area (Å²) in [5.74, 6) is 0.246. The third-order valence-electron chi connectivity index (χ3n) is 4.83. The Kier molecular flexibility index (Phi) is 4.79. The molecule has 1 aromatic heterocycles. The fourth-order valence-corrected chi connectivity index (χ4v) is 3.72. The second-order valence-corrected chi connectivity index (χ2v) is 7.09. The van der Waals surface area contributed by atoms with E-state index in [1.807, 2.05) is 11.0 Å². The standard InChI is InChI=1S/C21H19ClFNO3/c1-2-3-4-13-9-19(25)27-20-16(13)10-18(22)21-17(20)11-24(12-26-21)15-7-5-14(23)6-8-15/h5-10H,2-4,11-12H2,1H3. The van der Waals surface area contributed by atoms with Crippen molar-refractivity contribution in [3.05, 3.63) is 68.8 Å². The van der Waals surface area contributed by atoms with Crippen LogP contribution in [0.2, 0.25) is 5.02 Å². The van der Waals surface area contributed by atoms with Crippen molar-refractivity contribution in [1.29, 1.82) is 0 Å². The van der Waals surface area contributed by atoms with Gasteiger partial charge in [0.25, 0.3) is 0 Å². The first-order valence-electron chi connectivity index (χ1n) is 8.98. The lowest BCUT2D eigenvalue weighted by molar-refractivity contribution is 0.289. The molecule has 0 saturated heterocycles. The zero-order valence-corrected chi connectivity index (χ0v) is 15.7. The molecule has 27 heavy (non-hydrogen) atoms. The third-order valence-corrected chi connectivity index (χ3v) is 5.11. The van der Waals surface area contributed by atoms with Crippen LogP contribution in [0, 0.1) is 5.82 Å². The molecule has 4 nitrogen and oxygen atoms in total. The Morgan fingerprint density at radius 1 is 1.22 bits per heavy atom. The molecule has 2 aromatic carbocycles. The first-order valence-corrected chi connectivity index (χ1v) is 9.36. The van der Waals surface area contributed by atoms with E-state index in [0.717, 1.165) is 41.5 Å². The van der Waals surface area contributed by atoms with Crippen LogP contribution in [0.4, 0.5) is 10.1 Å². The van der Waals surface area contributed by atoms with Gasteiger partial charge in [0.05, 0.1) is 17.1 Å². The summed E-state index contributed by atoms with van der Waals surface area (Å²) in [4.78, 5) is 14.1. The summed E-state index contributed by atoms with van der Waals surface area (Å²) in [7, 11) is 0. The molecule has 0 N–H and O–H groups in total. The molecular weight excluding hydrogens is 369 g/mol. The second kappa shape index (κ2) is 7.24. The molecule has 0 saturated carbocycles. The fraction of sp³-hybridized carbons (Fsp3) is 0.286. The van der Waals surface area contributed by atoms with Crippen molar-refractivity contribution in [2.45, 2.75) is 32.7 Å². The van der Waals surface area contributed by atoms with E-state index >= 15 is 0 Å². The summed E-state index contributed by atoms with van der Waals surface area (Å²) in [6.07, 6.45) is 2.80. The van der Waals surface area contributed by atoms with E-state index in [1.165, 1.54) is 12.1 Å². The number of hydrogen-bond donors (Lipinski definition) is 0. The van der Waals surface area contributed by atoms with E-state index in [1.54, 1.807) is 18.2 Å². The van der Waals surface area contributed by atoms with E-state index < -0.39 is 0 Å². The molecule has 140 valence electrons. The summed E-state index contributed by atoms with van der Waals surface area (Å²) in [6.45, 7) is 2.85. The molecule has 0 bridgehead atoms. The van der Waals surface area contributed by atoms with Crippen LogP contribution in [0.15, 0.2) is 45.6 Å². The lowest BCUT2D eigenvalue weighted by Gasteiger charge is -2.31. The minimum atomic E-state index is -0.378. The number of nitrogens with zero attached hydrogens (tertiary/aromatic N) is 1. The van der Waals surface area contributed by atoms with Crippen LogP contribution in [0.5, 0.6) is 5.75 Å². The first-order chi connectivity index (χ1) is 13.1. The third kappa shape index (κ3) is 3.39. The molecule has 1 aliphatic heterocycles. The van der Waals surface area contributed by atoms with Crippen LogP contribution in [0.3, 0.4) is 0 Å². The maximum absolute atomic E-state index is 13.2. The van der Waals surface area contributed by atoms with Crippen LogP contribution >= 0.6 is 11.6 Å². The average Bonchev–Trinajstić information content (AvgIpc) is 2.67. The highest BCUT2D eigenvalue weighted by Gasteiger charge is 2.25. The second-order valence-electron chi connectivity index (χ2n) is 6.68. The summed E-state index contributed by atoms with van der Waals surface area (Å²) in [5, 5.41) is 1.35. The molecule has 0 aliphatic carbocycles. The summed E-state index contributed by atoms with van der Waals surface area (Å²) in [6, 6.07) is 9.56. The zero-order valence-electron chi connectivity index (χ0n) is 14.9. The Balaban J connectivity index is 1.83. The molecule has 0 atom stereocenters. The molecule has 0 radical (unpaired) electrons. The number of aryl methyl sites for hydroxylation is 1. The number of halogens is 2. The highest BCUT2D eigenvalue weighted by Crippen LogP contribution is 2.40. The molecule has 6 heteroatoms. The smallest absolute Gasteiger partial charge is 0.336 e. The van der Waals surface area contributed by atoms with Crippen molar-refractivity contribution >= 4 is 28.3 Å². The fourth-order valence-electron chi connectivity index (χ4n) is 3.44. The van der Waals surface area contributed by atoms with Crippen molar-refractivity contribution < 1.29 is 13.5 Å². The predicted octanol–water partition coefficient (Wildman–Crippen LogP) is 5.28. The number of unbranched alkanes of at least 4 members (excludes halogenated alkanes) is 1. The highest BCUT2D eigenvalue weighted by atomic mass is 35.5.